The maximum atomic E-state index is 2.58. The molecule has 0 radical (unpaired) electrons. The topological polar surface area (TPSA) is 6.48 Å². The lowest BCUT2D eigenvalue weighted by atomic mass is 9.31. The molecular formula is C47H53BN2. The lowest BCUT2D eigenvalue weighted by Crippen LogP contribution is -2.63. The third-order valence-corrected chi connectivity index (χ3v) is 11.4. The van der Waals surface area contributed by atoms with Gasteiger partial charge in [0.1, 0.15) is 0 Å². The van der Waals surface area contributed by atoms with E-state index in [1.807, 2.05) is 0 Å². The molecule has 3 heteroatoms. The minimum absolute atomic E-state index is 0.0344. The van der Waals surface area contributed by atoms with Gasteiger partial charge in [-0.25, -0.2) is 0 Å². The van der Waals surface area contributed by atoms with Crippen molar-refractivity contribution in [3.63, 3.8) is 0 Å². The number of anilines is 6. The van der Waals surface area contributed by atoms with Crippen molar-refractivity contribution >= 4 is 57.2 Å². The third-order valence-electron chi connectivity index (χ3n) is 11.4. The summed E-state index contributed by atoms with van der Waals surface area (Å²) in [6.07, 6.45) is 1.06. The summed E-state index contributed by atoms with van der Waals surface area (Å²) in [4.78, 5) is 5.12. The van der Waals surface area contributed by atoms with Gasteiger partial charge in [-0.2, -0.15) is 0 Å². The summed E-state index contributed by atoms with van der Waals surface area (Å²) in [6.45, 7) is 28.1. The fourth-order valence-electron chi connectivity index (χ4n) is 8.82. The Morgan fingerprint density at radius 1 is 0.460 bits per heavy atom. The van der Waals surface area contributed by atoms with Gasteiger partial charge in [-0.15, -0.1) is 0 Å². The Hall–Kier alpha value is -4.24. The number of fused-ring (bicyclic) bond motifs is 2. The average molecular weight is 657 g/mol. The standard InChI is InChI=1S/C47H53BN2/c1-44(2,3)30-16-21-33(22-17-30)49-37-25-20-32(46(7,8)9)28-36(37)48-42-35-26-29(41(35)47(10,11)12)27-40(42)50(39-15-13-14-38(49)43(39)48)34-23-18-31(19-24-34)45(4,5)6/h13-25,27-28H,26H2,1-12H3. The first-order chi connectivity index (χ1) is 23.3. The van der Waals surface area contributed by atoms with E-state index in [0.29, 0.717) is 0 Å². The van der Waals surface area contributed by atoms with Gasteiger partial charge in [0, 0.05) is 34.1 Å². The number of hydrogen-bond acceptors (Lipinski definition) is 2. The van der Waals surface area contributed by atoms with E-state index >= 15 is 0 Å². The average Bonchev–Trinajstić information content (AvgIpc) is 3.02. The number of benzene rings is 5. The molecule has 0 spiro atoms. The van der Waals surface area contributed by atoms with Crippen LogP contribution in [-0.4, -0.2) is 6.71 Å². The highest BCUT2D eigenvalue weighted by atomic mass is 15.2. The number of rotatable bonds is 2. The van der Waals surface area contributed by atoms with Gasteiger partial charge in [0.25, 0.3) is 6.71 Å². The van der Waals surface area contributed by atoms with E-state index in [2.05, 4.69) is 184 Å². The van der Waals surface area contributed by atoms with Crippen LogP contribution >= 0.6 is 0 Å². The first-order valence-corrected chi connectivity index (χ1v) is 18.6. The molecule has 9 rings (SSSR count). The first kappa shape index (κ1) is 32.9. The molecule has 2 nitrogen and oxygen atoms in total. The minimum Gasteiger partial charge on any atom is -0.311 e. The lowest BCUT2D eigenvalue weighted by Gasteiger charge is -2.48. The van der Waals surface area contributed by atoms with Crippen LogP contribution in [0, 0.1) is 0 Å². The van der Waals surface area contributed by atoms with Gasteiger partial charge in [0.2, 0.25) is 0 Å². The Balaban J connectivity index is 1.44. The molecule has 2 aliphatic carbocycles. The molecular weight excluding hydrogens is 603 g/mol. The van der Waals surface area contributed by atoms with Crippen LogP contribution in [0.3, 0.4) is 0 Å². The van der Waals surface area contributed by atoms with Gasteiger partial charge in [-0.3, -0.25) is 0 Å². The Kier molecular flexibility index (Phi) is 7.01. The van der Waals surface area contributed by atoms with E-state index in [9.17, 15) is 0 Å². The zero-order valence-electron chi connectivity index (χ0n) is 32.3. The van der Waals surface area contributed by atoms with Crippen LogP contribution in [0.5, 0.6) is 0 Å². The molecule has 2 heterocycles. The molecule has 0 amide bonds. The molecule has 4 aliphatic rings. The highest BCUT2D eigenvalue weighted by molar-refractivity contribution is 7.00. The smallest absolute Gasteiger partial charge is 0.252 e. The Bertz CT molecular complexity index is 2150. The second kappa shape index (κ2) is 10.6. The molecule has 2 bridgehead atoms. The summed E-state index contributed by atoms with van der Waals surface area (Å²) in [5.41, 5.74) is 21.0. The van der Waals surface area contributed by atoms with Crippen LogP contribution < -0.4 is 26.2 Å². The van der Waals surface area contributed by atoms with Gasteiger partial charge in [-0.05, 0) is 126 Å². The zero-order valence-corrected chi connectivity index (χ0v) is 32.3. The third kappa shape index (κ3) is 4.98. The van der Waals surface area contributed by atoms with Crippen molar-refractivity contribution in [1.29, 1.82) is 0 Å². The maximum Gasteiger partial charge on any atom is 0.252 e. The van der Waals surface area contributed by atoms with Crippen molar-refractivity contribution in [3.8, 4) is 0 Å². The molecule has 0 atom stereocenters. The Morgan fingerprint density at radius 2 is 0.940 bits per heavy atom. The molecule has 0 saturated heterocycles. The van der Waals surface area contributed by atoms with Crippen LogP contribution in [0.2, 0.25) is 0 Å². The molecule has 0 aromatic heterocycles. The first-order valence-electron chi connectivity index (χ1n) is 18.6. The summed E-state index contributed by atoms with van der Waals surface area (Å²) in [7, 11) is 0. The largest absolute Gasteiger partial charge is 0.311 e. The van der Waals surface area contributed by atoms with Crippen LogP contribution in [0.25, 0.3) is 0 Å². The minimum atomic E-state index is 0.0344. The van der Waals surface area contributed by atoms with E-state index < -0.39 is 0 Å². The second-order valence-corrected chi connectivity index (χ2v) is 19.2. The fraction of sp³-hybridized carbons (Fsp3) is 0.362. The molecule has 5 aromatic rings. The lowest BCUT2D eigenvalue weighted by molar-refractivity contribution is 0.564. The molecule has 5 aromatic carbocycles. The quantitative estimate of drug-likeness (QED) is 0.171. The molecule has 0 saturated carbocycles. The van der Waals surface area contributed by atoms with Crippen molar-refractivity contribution in [2.24, 2.45) is 0 Å². The fourth-order valence-corrected chi connectivity index (χ4v) is 8.82. The van der Waals surface area contributed by atoms with E-state index in [0.717, 1.165) is 6.42 Å². The van der Waals surface area contributed by atoms with Gasteiger partial charge in [-0.1, -0.05) is 126 Å². The van der Waals surface area contributed by atoms with Crippen molar-refractivity contribution in [2.75, 3.05) is 9.80 Å². The summed E-state index contributed by atoms with van der Waals surface area (Å²) >= 11 is 0. The van der Waals surface area contributed by atoms with Crippen LogP contribution in [-0.2, 0) is 28.1 Å². The molecule has 254 valence electrons. The highest BCUT2D eigenvalue weighted by Gasteiger charge is 2.47. The van der Waals surface area contributed by atoms with Crippen LogP contribution in [0.4, 0.5) is 34.1 Å². The molecule has 2 aliphatic heterocycles. The van der Waals surface area contributed by atoms with E-state index in [4.69, 9.17) is 0 Å². The predicted octanol–water partition coefficient (Wildman–Crippen LogP) is 10.9. The van der Waals surface area contributed by atoms with Crippen molar-refractivity contribution in [2.45, 2.75) is 111 Å². The van der Waals surface area contributed by atoms with Crippen molar-refractivity contribution in [1.82, 2.24) is 0 Å². The van der Waals surface area contributed by atoms with E-state index in [1.165, 1.54) is 72.8 Å². The van der Waals surface area contributed by atoms with E-state index in [-0.39, 0.29) is 28.4 Å². The Morgan fingerprint density at radius 3 is 1.42 bits per heavy atom. The molecule has 0 N–H and O–H groups in total. The predicted molar refractivity (Wildman–Crippen MR) is 218 cm³/mol. The highest BCUT2D eigenvalue weighted by Crippen LogP contribution is 2.49. The number of hydrogen-bond donors (Lipinski definition) is 0. The van der Waals surface area contributed by atoms with Gasteiger partial charge in [0.15, 0.2) is 0 Å². The van der Waals surface area contributed by atoms with Crippen LogP contribution in [0.1, 0.15) is 116 Å². The maximum absolute atomic E-state index is 2.58. The van der Waals surface area contributed by atoms with Gasteiger partial charge in [0.05, 0.1) is 0 Å². The molecule has 0 fully saturated rings. The van der Waals surface area contributed by atoms with Crippen LogP contribution in [0.15, 0.2) is 91.0 Å². The monoisotopic (exact) mass is 656 g/mol. The van der Waals surface area contributed by atoms with Crippen molar-refractivity contribution < 1.29 is 0 Å². The molecule has 50 heavy (non-hydrogen) atoms. The SMILES string of the molecule is CC(C)(C)c1ccc(N2c3ccc(C(C)(C)C)cc3B3c4c2cccc4N(c2ccc(C(C)(C)C)cc2)c2cc4c(C(C)(C)C)c(c23)C4)cc1. The molecule has 0 unspecified atom stereocenters. The summed E-state index contributed by atoms with van der Waals surface area (Å²) in [5.74, 6) is 0. The van der Waals surface area contributed by atoms with Gasteiger partial charge >= 0.3 is 0 Å². The van der Waals surface area contributed by atoms with E-state index in [1.54, 1.807) is 11.1 Å². The number of nitrogens with zero attached hydrogens (tertiary/aromatic N) is 2. The zero-order chi connectivity index (χ0) is 35.7. The Labute approximate surface area is 301 Å². The van der Waals surface area contributed by atoms with Gasteiger partial charge < -0.3 is 9.80 Å². The summed E-state index contributed by atoms with van der Waals surface area (Å²) < 4.78 is 0. The summed E-state index contributed by atoms with van der Waals surface area (Å²) in [5, 5.41) is 0. The normalized spacial score (nSPS) is 15.0. The second-order valence-electron chi connectivity index (χ2n) is 19.2. The summed E-state index contributed by atoms with van der Waals surface area (Å²) in [6, 6.07) is 35.5. The van der Waals surface area contributed by atoms with Crippen molar-refractivity contribution in [3.05, 3.63) is 124 Å².